The van der Waals surface area contributed by atoms with Crippen LogP contribution < -0.4 is 4.74 Å². The molecule has 1 aromatic rings. The summed E-state index contributed by atoms with van der Waals surface area (Å²) in [6.07, 6.45) is 3.36. The van der Waals surface area contributed by atoms with Crippen LogP contribution in [0.3, 0.4) is 0 Å². The number of hydrogen-bond acceptors (Lipinski definition) is 4. The first kappa shape index (κ1) is 18.7. The number of methoxy groups -OCH3 is 1. The number of carbonyl (C=O) groups is 2. The van der Waals surface area contributed by atoms with Gasteiger partial charge in [-0.25, -0.2) is 0 Å². The molecule has 0 atom stereocenters. The summed E-state index contributed by atoms with van der Waals surface area (Å²) in [5.41, 5.74) is 0.675. The van der Waals surface area contributed by atoms with Crippen molar-refractivity contribution >= 4 is 11.8 Å². The molecule has 6 nitrogen and oxygen atoms in total. The summed E-state index contributed by atoms with van der Waals surface area (Å²) in [6, 6.07) is 8.15. The smallest absolute Gasteiger partial charge is 0.248 e. The Hall–Kier alpha value is -2.08. The zero-order valence-corrected chi connectivity index (χ0v) is 15.9. The van der Waals surface area contributed by atoms with E-state index in [2.05, 4.69) is 0 Å². The fourth-order valence-corrected chi connectivity index (χ4v) is 4.04. The Kier molecular flexibility index (Phi) is 5.51. The number of amides is 2. The molecule has 0 bridgehead atoms. The SMILES string of the molecule is COCC(=O)N(C)C1CCC2(CC1)CN(C(C)=O)Cc1ccccc1O2. The topological polar surface area (TPSA) is 59.1 Å². The summed E-state index contributed by atoms with van der Waals surface area (Å²) >= 11 is 0. The van der Waals surface area contributed by atoms with Crippen molar-refractivity contribution in [1.82, 2.24) is 9.80 Å². The van der Waals surface area contributed by atoms with Gasteiger partial charge in [0.2, 0.25) is 11.8 Å². The van der Waals surface area contributed by atoms with E-state index in [9.17, 15) is 9.59 Å². The van der Waals surface area contributed by atoms with Gasteiger partial charge in [-0.3, -0.25) is 9.59 Å². The number of rotatable bonds is 3. The molecule has 0 saturated heterocycles. The number of hydrogen-bond donors (Lipinski definition) is 0. The van der Waals surface area contributed by atoms with Crippen molar-refractivity contribution in [3.63, 3.8) is 0 Å². The van der Waals surface area contributed by atoms with E-state index in [1.54, 1.807) is 11.8 Å². The third-order valence-corrected chi connectivity index (χ3v) is 5.66. The van der Waals surface area contributed by atoms with Crippen LogP contribution in [0.25, 0.3) is 0 Å². The van der Waals surface area contributed by atoms with Crippen LogP contribution in [-0.2, 0) is 20.9 Å². The summed E-state index contributed by atoms with van der Waals surface area (Å²) in [7, 11) is 3.38. The summed E-state index contributed by atoms with van der Waals surface area (Å²) < 4.78 is 11.4. The molecule has 1 aromatic carbocycles. The molecule has 0 aromatic heterocycles. The van der Waals surface area contributed by atoms with Gasteiger partial charge in [-0.15, -0.1) is 0 Å². The molecule has 26 heavy (non-hydrogen) atoms. The van der Waals surface area contributed by atoms with Gasteiger partial charge in [0.15, 0.2) is 0 Å². The number of para-hydroxylation sites is 1. The lowest BCUT2D eigenvalue weighted by molar-refractivity contribution is -0.138. The second-order valence-corrected chi connectivity index (χ2v) is 7.44. The molecular formula is C20H28N2O4. The van der Waals surface area contributed by atoms with Crippen LogP contribution in [0.15, 0.2) is 24.3 Å². The van der Waals surface area contributed by atoms with Crippen LogP contribution in [0.5, 0.6) is 5.75 Å². The van der Waals surface area contributed by atoms with Crippen molar-refractivity contribution < 1.29 is 19.1 Å². The minimum atomic E-state index is -0.375. The molecule has 142 valence electrons. The van der Waals surface area contributed by atoms with E-state index in [-0.39, 0.29) is 30.1 Å². The standard InChI is InChI=1S/C20H28N2O4/c1-15(23)22-12-16-6-4-5-7-18(16)26-20(14-22)10-8-17(9-11-20)21(2)19(24)13-25-3/h4-7,17H,8-14H2,1-3H3. The molecule has 1 fully saturated rings. The molecule has 2 aliphatic rings. The van der Waals surface area contributed by atoms with E-state index in [1.165, 1.54) is 7.11 Å². The number of carbonyl (C=O) groups excluding carboxylic acids is 2. The van der Waals surface area contributed by atoms with E-state index >= 15 is 0 Å². The maximum atomic E-state index is 12.1. The van der Waals surface area contributed by atoms with Crippen molar-refractivity contribution in [2.75, 3.05) is 27.3 Å². The average molecular weight is 360 g/mol. The van der Waals surface area contributed by atoms with Gasteiger partial charge >= 0.3 is 0 Å². The van der Waals surface area contributed by atoms with Crippen molar-refractivity contribution in [2.24, 2.45) is 0 Å². The number of nitrogens with zero attached hydrogens (tertiary/aromatic N) is 2. The van der Waals surface area contributed by atoms with E-state index in [4.69, 9.17) is 9.47 Å². The Bertz CT molecular complexity index is 668. The van der Waals surface area contributed by atoms with Crippen LogP contribution in [-0.4, -0.2) is 60.6 Å². The lowest BCUT2D eigenvalue weighted by Crippen LogP contribution is -2.52. The number of ether oxygens (including phenoxy) is 2. The first-order chi connectivity index (χ1) is 12.4. The highest BCUT2D eigenvalue weighted by molar-refractivity contribution is 5.77. The van der Waals surface area contributed by atoms with Gasteiger partial charge in [-0.2, -0.15) is 0 Å². The van der Waals surface area contributed by atoms with Gasteiger partial charge < -0.3 is 19.3 Å². The Labute approximate surface area is 155 Å². The van der Waals surface area contributed by atoms with Gasteiger partial charge in [0.1, 0.15) is 18.0 Å². The number of fused-ring (bicyclic) bond motifs is 1. The molecule has 2 amide bonds. The minimum Gasteiger partial charge on any atom is -0.485 e. The van der Waals surface area contributed by atoms with Crippen LogP contribution in [0, 0.1) is 0 Å². The van der Waals surface area contributed by atoms with Gasteiger partial charge in [-0.1, -0.05) is 18.2 Å². The normalized spacial score (nSPS) is 25.2. The predicted molar refractivity (Wildman–Crippen MR) is 97.8 cm³/mol. The Morgan fingerprint density at radius 3 is 2.65 bits per heavy atom. The van der Waals surface area contributed by atoms with Crippen molar-refractivity contribution in [3.05, 3.63) is 29.8 Å². The van der Waals surface area contributed by atoms with E-state index in [0.29, 0.717) is 13.1 Å². The third kappa shape index (κ3) is 3.85. The van der Waals surface area contributed by atoms with Crippen LogP contribution in [0.2, 0.25) is 0 Å². The predicted octanol–water partition coefficient (Wildman–Crippen LogP) is 2.21. The molecule has 1 aliphatic heterocycles. The van der Waals surface area contributed by atoms with Gasteiger partial charge in [0.05, 0.1) is 6.54 Å². The molecule has 1 aliphatic carbocycles. The largest absolute Gasteiger partial charge is 0.485 e. The quantitative estimate of drug-likeness (QED) is 0.829. The Balaban J connectivity index is 1.76. The maximum absolute atomic E-state index is 12.1. The van der Waals surface area contributed by atoms with Crippen LogP contribution >= 0.6 is 0 Å². The zero-order valence-electron chi connectivity index (χ0n) is 15.9. The molecule has 1 spiro atoms. The summed E-state index contributed by atoms with van der Waals surface area (Å²) in [4.78, 5) is 27.9. The van der Waals surface area contributed by atoms with Gasteiger partial charge in [0, 0.05) is 39.2 Å². The molecule has 0 radical (unpaired) electrons. The fraction of sp³-hybridized carbons (Fsp3) is 0.600. The van der Waals surface area contributed by atoms with Gasteiger partial charge in [-0.05, 0) is 31.7 Å². The molecule has 6 heteroatoms. The fourth-order valence-electron chi connectivity index (χ4n) is 4.04. The lowest BCUT2D eigenvalue weighted by atomic mass is 9.81. The van der Waals surface area contributed by atoms with Crippen molar-refractivity contribution in [1.29, 1.82) is 0 Å². The average Bonchev–Trinajstić information content (AvgIpc) is 2.78. The van der Waals surface area contributed by atoms with Crippen LogP contribution in [0.4, 0.5) is 0 Å². The molecule has 0 unspecified atom stereocenters. The Morgan fingerprint density at radius 2 is 2.00 bits per heavy atom. The monoisotopic (exact) mass is 360 g/mol. The first-order valence-corrected chi connectivity index (χ1v) is 9.21. The molecule has 1 saturated carbocycles. The summed E-state index contributed by atoms with van der Waals surface area (Å²) in [5, 5.41) is 0. The Morgan fingerprint density at radius 1 is 1.31 bits per heavy atom. The third-order valence-electron chi connectivity index (χ3n) is 5.66. The van der Waals surface area contributed by atoms with E-state index < -0.39 is 0 Å². The van der Waals surface area contributed by atoms with E-state index in [0.717, 1.165) is 37.0 Å². The second kappa shape index (κ2) is 7.66. The highest BCUT2D eigenvalue weighted by Gasteiger charge is 2.42. The molecule has 0 N–H and O–H groups in total. The molecular weight excluding hydrogens is 332 g/mol. The number of benzene rings is 1. The first-order valence-electron chi connectivity index (χ1n) is 9.21. The second-order valence-electron chi connectivity index (χ2n) is 7.44. The highest BCUT2D eigenvalue weighted by Crippen LogP contribution is 2.39. The van der Waals surface area contributed by atoms with Gasteiger partial charge in [0.25, 0.3) is 0 Å². The summed E-state index contributed by atoms with van der Waals surface area (Å²) in [6.45, 7) is 2.91. The molecule has 3 rings (SSSR count). The lowest BCUT2D eigenvalue weighted by Gasteiger charge is -2.43. The van der Waals surface area contributed by atoms with Crippen LogP contribution in [0.1, 0.15) is 38.2 Å². The van der Waals surface area contributed by atoms with Crippen molar-refractivity contribution in [3.8, 4) is 5.75 Å². The summed E-state index contributed by atoms with van der Waals surface area (Å²) in [5.74, 6) is 0.948. The zero-order chi connectivity index (χ0) is 18.7. The van der Waals surface area contributed by atoms with E-state index in [1.807, 2.05) is 36.2 Å². The maximum Gasteiger partial charge on any atom is 0.248 e. The highest BCUT2D eigenvalue weighted by atomic mass is 16.5. The molecule has 1 heterocycles. The number of likely N-dealkylation sites (N-methyl/N-ethyl adjacent to an activating group) is 1. The van der Waals surface area contributed by atoms with Crippen molar-refractivity contribution in [2.45, 2.75) is 50.8 Å². The minimum absolute atomic E-state index is 0.00550.